The molecule has 0 bridgehead atoms. The van der Waals surface area contributed by atoms with Crippen molar-refractivity contribution in [2.45, 2.75) is 66.2 Å². The monoisotopic (exact) mass is 356 g/mol. The van der Waals surface area contributed by atoms with Crippen molar-refractivity contribution in [1.82, 2.24) is 0 Å². The fraction of sp³-hybridized carbons (Fsp3) is 0.500. The molecule has 0 fully saturated rings. The van der Waals surface area contributed by atoms with Crippen molar-refractivity contribution in [1.29, 1.82) is 0 Å². The fourth-order valence-corrected chi connectivity index (χ4v) is 2.58. The Kier molecular flexibility index (Phi) is 7.74. The van der Waals surface area contributed by atoms with E-state index >= 15 is 0 Å². The van der Waals surface area contributed by atoms with Crippen LogP contribution in [-0.2, 0) is 10.8 Å². The summed E-state index contributed by atoms with van der Waals surface area (Å²) in [6.45, 7) is 18.0. The number of para-hydroxylation sites is 2. The van der Waals surface area contributed by atoms with Crippen LogP contribution >= 0.6 is 0 Å². The van der Waals surface area contributed by atoms with E-state index in [0.29, 0.717) is 11.7 Å². The van der Waals surface area contributed by atoms with Crippen LogP contribution in [0.2, 0.25) is 0 Å². The summed E-state index contributed by atoms with van der Waals surface area (Å²) in [5.74, 6) is 1.98. The molecule has 0 aliphatic carbocycles. The third-order valence-corrected chi connectivity index (χ3v) is 3.98. The predicted octanol–water partition coefficient (Wildman–Crippen LogP) is 6.71. The van der Waals surface area contributed by atoms with Crippen molar-refractivity contribution in [2.24, 2.45) is 5.92 Å². The van der Waals surface area contributed by atoms with Crippen molar-refractivity contribution in [3.05, 3.63) is 59.7 Å². The molecule has 0 radical (unpaired) electrons. The van der Waals surface area contributed by atoms with Gasteiger partial charge >= 0.3 is 0 Å². The molecule has 2 nitrogen and oxygen atoms in total. The number of rotatable bonds is 3. The Morgan fingerprint density at radius 3 is 1.65 bits per heavy atom. The number of hydrogen-bond donors (Lipinski definition) is 1. The summed E-state index contributed by atoms with van der Waals surface area (Å²) in [6.07, 6.45) is 0. The minimum atomic E-state index is 0.0331. The van der Waals surface area contributed by atoms with Crippen molar-refractivity contribution in [2.75, 3.05) is 6.61 Å². The van der Waals surface area contributed by atoms with Crippen molar-refractivity contribution < 1.29 is 9.84 Å². The lowest BCUT2D eigenvalue weighted by Gasteiger charge is -2.23. The second-order valence-corrected chi connectivity index (χ2v) is 9.22. The molecule has 2 heteroatoms. The van der Waals surface area contributed by atoms with E-state index < -0.39 is 0 Å². The van der Waals surface area contributed by atoms with E-state index in [1.54, 1.807) is 6.07 Å². The Bertz CT molecular complexity index is 673. The van der Waals surface area contributed by atoms with E-state index in [-0.39, 0.29) is 10.8 Å². The molecule has 0 aliphatic heterocycles. The molecule has 144 valence electrons. The van der Waals surface area contributed by atoms with Gasteiger partial charge in [0.2, 0.25) is 0 Å². The third-order valence-electron chi connectivity index (χ3n) is 3.98. The molecule has 2 rings (SSSR count). The minimum absolute atomic E-state index is 0.0331. The average molecular weight is 357 g/mol. The molecule has 0 amide bonds. The second-order valence-electron chi connectivity index (χ2n) is 9.22. The first-order chi connectivity index (χ1) is 11.9. The summed E-state index contributed by atoms with van der Waals surface area (Å²) in [6, 6.07) is 15.8. The number of phenolic OH excluding ortho intramolecular Hbond substituents is 1. The standard InChI is InChI=1S/C14H22O.C10H14O/c1-11(2)10-15-13-9-7-6-8-12(13)14(3,4)5;1-10(2,3)8-6-4-5-7-9(8)11/h6-9,11H,10H2,1-5H3;4-7,11H,1-3H3. The van der Waals surface area contributed by atoms with Crippen LogP contribution in [0.15, 0.2) is 48.5 Å². The lowest BCUT2D eigenvalue weighted by atomic mass is 9.86. The van der Waals surface area contributed by atoms with Crippen LogP contribution in [0.4, 0.5) is 0 Å². The maximum Gasteiger partial charge on any atom is 0.123 e. The van der Waals surface area contributed by atoms with Gasteiger partial charge in [-0.1, -0.05) is 91.8 Å². The Balaban J connectivity index is 0.000000273. The summed E-state index contributed by atoms with van der Waals surface area (Å²) >= 11 is 0. The molecule has 0 saturated heterocycles. The highest BCUT2D eigenvalue weighted by molar-refractivity contribution is 5.38. The summed E-state index contributed by atoms with van der Waals surface area (Å²) in [4.78, 5) is 0. The maximum atomic E-state index is 9.45. The molecule has 0 unspecified atom stereocenters. The Hall–Kier alpha value is -1.96. The van der Waals surface area contributed by atoms with Gasteiger partial charge in [-0.25, -0.2) is 0 Å². The molecule has 2 aromatic carbocycles. The smallest absolute Gasteiger partial charge is 0.123 e. The van der Waals surface area contributed by atoms with Gasteiger partial charge in [-0.05, 0) is 40.0 Å². The first-order valence-corrected chi connectivity index (χ1v) is 9.43. The van der Waals surface area contributed by atoms with Crippen LogP contribution in [0.5, 0.6) is 11.5 Å². The zero-order chi connectivity index (χ0) is 20.0. The highest BCUT2D eigenvalue weighted by Gasteiger charge is 2.18. The minimum Gasteiger partial charge on any atom is -0.508 e. The molecule has 0 heterocycles. The zero-order valence-electron chi connectivity index (χ0n) is 17.8. The Morgan fingerprint density at radius 1 is 0.769 bits per heavy atom. The lowest BCUT2D eigenvalue weighted by molar-refractivity contribution is 0.265. The summed E-state index contributed by atoms with van der Waals surface area (Å²) < 4.78 is 5.83. The third kappa shape index (κ3) is 7.11. The van der Waals surface area contributed by atoms with Gasteiger partial charge in [0.05, 0.1) is 6.61 Å². The van der Waals surface area contributed by atoms with Gasteiger partial charge in [0.25, 0.3) is 0 Å². The molecule has 1 N–H and O–H groups in total. The van der Waals surface area contributed by atoms with E-state index in [9.17, 15) is 5.11 Å². The van der Waals surface area contributed by atoms with Crippen molar-refractivity contribution in [3.8, 4) is 11.5 Å². The second kappa shape index (κ2) is 9.12. The molecule has 2 aromatic rings. The molecular weight excluding hydrogens is 320 g/mol. The fourth-order valence-electron chi connectivity index (χ4n) is 2.58. The van der Waals surface area contributed by atoms with Gasteiger partial charge in [0.1, 0.15) is 11.5 Å². The van der Waals surface area contributed by atoms with E-state index in [1.165, 1.54) is 5.56 Å². The molecule has 0 aromatic heterocycles. The number of benzene rings is 2. The van der Waals surface area contributed by atoms with Crippen LogP contribution in [0, 0.1) is 5.92 Å². The van der Waals surface area contributed by atoms with Gasteiger partial charge in [-0.15, -0.1) is 0 Å². The zero-order valence-corrected chi connectivity index (χ0v) is 17.8. The highest BCUT2D eigenvalue weighted by atomic mass is 16.5. The molecule has 0 saturated carbocycles. The molecule has 26 heavy (non-hydrogen) atoms. The maximum absolute atomic E-state index is 9.45. The average Bonchev–Trinajstić information content (AvgIpc) is 2.52. The van der Waals surface area contributed by atoms with E-state index in [2.05, 4.69) is 73.6 Å². The lowest BCUT2D eigenvalue weighted by Crippen LogP contribution is -2.14. The molecule has 0 atom stereocenters. The van der Waals surface area contributed by atoms with E-state index in [0.717, 1.165) is 17.9 Å². The summed E-state index contributed by atoms with van der Waals surface area (Å²) in [5.41, 5.74) is 2.46. The molecular formula is C24H36O2. The van der Waals surface area contributed by atoms with E-state index in [4.69, 9.17) is 4.74 Å². The summed E-state index contributed by atoms with van der Waals surface area (Å²) in [7, 11) is 0. The topological polar surface area (TPSA) is 29.5 Å². The molecule has 0 aliphatic rings. The number of aromatic hydroxyl groups is 1. The highest BCUT2D eigenvalue weighted by Crippen LogP contribution is 2.31. The first-order valence-electron chi connectivity index (χ1n) is 9.43. The largest absolute Gasteiger partial charge is 0.508 e. The SMILES string of the molecule is CC(C)(C)c1ccccc1O.CC(C)COc1ccccc1C(C)(C)C. The van der Waals surface area contributed by atoms with Crippen molar-refractivity contribution in [3.63, 3.8) is 0 Å². The van der Waals surface area contributed by atoms with Gasteiger partial charge in [-0.2, -0.15) is 0 Å². The van der Waals surface area contributed by atoms with Gasteiger partial charge in [-0.3, -0.25) is 0 Å². The van der Waals surface area contributed by atoms with Gasteiger partial charge in [0.15, 0.2) is 0 Å². The Labute approximate surface area is 160 Å². The van der Waals surface area contributed by atoms with E-state index in [1.807, 2.05) is 24.3 Å². The number of ether oxygens (including phenoxy) is 1. The Morgan fingerprint density at radius 2 is 1.23 bits per heavy atom. The van der Waals surface area contributed by atoms with Crippen LogP contribution < -0.4 is 4.74 Å². The first kappa shape index (κ1) is 22.1. The van der Waals surface area contributed by atoms with Crippen LogP contribution in [0.25, 0.3) is 0 Å². The summed E-state index contributed by atoms with van der Waals surface area (Å²) in [5, 5.41) is 9.45. The van der Waals surface area contributed by atoms with Gasteiger partial charge in [0, 0.05) is 0 Å². The van der Waals surface area contributed by atoms with Crippen LogP contribution in [0.1, 0.15) is 66.5 Å². The number of hydrogen-bond acceptors (Lipinski definition) is 2. The van der Waals surface area contributed by atoms with Crippen molar-refractivity contribution >= 4 is 0 Å². The predicted molar refractivity (Wildman–Crippen MR) is 112 cm³/mol. The number of phenols is 1. The van der Waals surface area contributed by atoms with Crippen LogP contribution in [-0.4, -0.2) is 11.7 Å². The van der Waals surface area contributed by atoms with Crippen LogP contribution in [0.3, 0.4) is 0 Å². The normalized spacial score (nSPS) is 11.7. The quantitative estimate of drug-likeness (QED) is 0.662. The molecule has 0 spiro atoms. The van der Waals surface area contributed by atoms with Gasteiger partial charge < -0.3 is 9.84 Å².